The number of carbonyl (C=O) groups is 2. The topological polar surface area (TPSA) is 58.6 Å². The molecule has 0 aliphatic carbocycles. The fourth-order valence-electron chi connectivity index (χ4n) is 3.24. The number of benzene rings is 2. The monoisotopic (exact) mass is 410 g/mol. The number of ether oxygens (including phenoxy) is 1. The molecule has 0 radical (unpaired) electrons. The van der Waals surface area contributed by atoms with Gasteiger partial charge in [-0.2, -0.15) is 0 Å². The number of nitrogens with one attached hydrogen (secondary N) is 1. The van der Waals surface area contributed by atoms with Crippen LogP contribution in [0.5, 0.6) is 5.75 Å². The van der Waals surface area contributed by atoms with Gasteiger partial charge in [0.15, 0.2) is 6.61 Å². The highest BCUT2D eigenvalue weighted by Gasteiger charge is 2.30. The molecule has 0 unspecified atom stereocenters. The summed E-state index contributed by atoms with van der Waals surface area (Å²) in [6.07, 6.45) is 0.518. The van der Waals surface area contributed by atoms with Crippen molar-refractivity contribution in [2.24, 2.45) is 0 Å². The number of hydrogen-bond donors (Lipinski definition) is 1. The van der Waals surface area contributed by atoms with Crippen LogP contribution in [-0.2, 0) is 16.1 Å². The Hall–Kier alpha value is -2.82. The molecule has 0 aliphatic rings. The normalized spacial score (nSPS) is 12.2. The molecule has 0 aromatic heterocycles. The Labute approximate surface area is 180 Å². The van der Waals surface area contributed by atoms with Crippen molar-refractivity contribution in [3.63, 3.8) is 0 Å². The summed E-state index contributed by atoms with van der Waals surface area (Å²) in [5.41, 5.74) is 2.64. The lowest BCUT2D eigenvalue weighted by Gasteiger charge is -2.33. The quantitative estimate of drug-likeness (QED) is 0.701. The van der Waals surface area contributed by atoms with Gasteiger partial charge >= 0.3 is 0 Å². The molecule has 1 N–H and O–H groups in total. The molecule has 30 heavy (non-hydrogen) atoms. The molecule has 5 nitrogen and oxygen atoms in total. The molecule has 0 heterocycles. The Morgan fingerprint density at radius 1 is 1.07 bits per heavy atom. The van der Waals surface area contributed by atoms with Gasteiger partial charge in [0.05, 0.1) is 0 Å². The summed E-state index contributed by atoms with van der Waals surface area (Å²) in [4.78, 5) is 27.8. The van der Waals surface area contributed by atoms with Crippen molar-refractivity contribution in [3.05, 3.63) is 65.2 Å². The molecule has 2 rings (SSSR count). The lowest BCUT2D eigenvalue weighted by atomic mass is 10.1. The van der Waals surface area contributed by atoms with Gasteiger partial charge in [-0.25, -0.2) is 0 Å². The first-order valence-electron chi connectivity index (χ1n) is 10.5. The Kier molecular flexibility index (Phi) is 8.04. The van der Waals surface area contributed by atoms with Crippen LogP contribution in [0, 0.1) is 13.8 Å². The number of amides is 2. The van der Waals surface area contributed by atoms with Gasteiger partial charge in [-0.15, -0.1) is 0 Å². The maximum atomic E-state index is 13.2. The molecule has 0 fully saturated rings. The molecule has 2 amide bonds. The van der Waals surface area contributed by atoms with E-state index in [1.54, 1.807) is 4.90 Å². The van der Waals surface area contributed by atoms with Crippen molar-refractivity contribution in [1.29, 1.82) is 0 Å². The Balaban J connectivity index is 2.23. The van der Waals surface area contributed by atoms with Gasteiger partial charge in [-0.3, -0.25) is 9.59 Å². The molecular formula is C25H34N2O3. The predicted octanol–water partition coefficient (Wildman–Crippen LogP) is 4.40. The van der Waals surface area contributed by atoms with E-state index >= 15 is 0 Å². The summed E-state index contributed by atoms with van der Waals surface area (Å²) in [5, 5.41) is 3.01. The van der Waals surface area contributed by atoms with Crippen LogP contribution in [0.3, 0.4) is 0 Å². The van der Waals surface area contributed by atoms with E-state index in [0.29, 0.717) is 18.7 Å². The van der Waals surface area contributed by atoms with Crippen molar-refractivity contribution in [2.45, 2.75) is 66.1 Å². The Bertz CT molecular complexity index is 856. The average molecular weight is 411 g/mol. The van der Waals surface area contributed by atoms with Crippen LogP contribution < -0.4 is 10.1 Å². The summed E-state index contributed by atoms with van der Waals surface area (Å²) < 4.78 is 5.85. The summed E-state index contributed by atoms with van der Waals surface area (Å²) in [5.74, 6) is 0.326. The summed E-state index contributed by atoms with van der Waals surface area (Å²) in [6, 6.07) is 15.1. The first kappa shape index (κ1) is 23.5. The fraction of sp³-hybridized carbons (Fsp3) is 0.440. The molecule has 0 aliphatic heterocycles. The van der Waals surface area contributed by atoms with Crippen LogP contribution in [0.2, 0.25) is 0 Å². The molecule has 0 saturated heterocycles. The van der Waals surface area contributed by atoms with E-state index in [9.17, 15) is 9.59 Å². The number of hydrogen-bond acceptors (Lipinski definition) is 3. The molecule has 5 heteroatoms. The molecular weight excluding hydrogens is 376 g/mol. The molecule has 1 atom stereocenters. The zero-order chi connectivity index (χ0) is 22.3. The number of carbonyl (C=O) groups excluding carboxylic acids is 2. The zero-order valence-electron chi connectivity index (χ0n) is 19.0. The largest absolute Gasteiger partial charge is 0.483 e. The standard InChI is InChI=1S/C25H34N2O3/c1-7-21(24(29)26-25(4,5)6)27(16-20-11-9-8-10-12-20)23(28)17-30-22-15-18(2)13-14-19(22)3/h8-15,21H,7,16-17H2,1-6H3,(H,26,29)/t21-/m1/s1. The first-order chi connectivity index (χ1) is 14.1. The van der Waals surface area contributed by atoms with Crippen LogP contribution in [-0.4, -0.2) is 34.9 Å². The SMILES string of the molecule is CC[C@H](C(=O)NC(C)(C)C)N(Cc1ccccc1)C(=O)COc1cc(C)ccc1C. The van der Waals surface area contributed by atoms with Crippen LogP contribution in [0.15, 0.2) is 48.5 Å². The summed E-state index contributed by atoms with van der Waals surface area (Å²) >= 11 is 0. The third-order valence-corrected chi connectivity index (χ3v) is 4.77. The van der Waals surface area contributed by atoms with Crippen molar-refractivity contribution in [1.82, 2.24) is 10.2 Å². The van der Waals surface area contributed by atoms with Gasteiger partial charge in [0, 0.05) is 12.1 Å². The third-order valence-electron chi connectivity index (χ3n) is 4.77. The van der Waals surface area contributed by atoms with E-state index in [4.69, 9.17) is 4.74 Å². The van der Waals surface area contributed by atoms with Gasteiger partial charge in [0.1, 0.15) is 11.8 Å². The number of rotatable bonds is 8. The lowest BCUT2D eigenvalue weighted by Crippen LogP contribution is -2.54. The average Bonchev–Trinajstić information content (AvgIpc) is 2.67. The minimum absolute atomic E-state index is 0.115. The van der Waals surface area contributed by atoms with Crippen molar-refractivity contribution in [3.8, 4) is 5.75 Å². The van der Waals surface area contributed by atoms with Gasteiger partial charge < -0.3 is 15.0 Å². The first-order valence-corrected chi connectivity index (χ1v) is 10.5. The molecule has 0 saturated carbocycles. The highest BCUT2D eigenvalue weighted by atomic mass is 16.5. The van der Waals surface area contributed by atoms with Crippen LogP contribution in [0.1, 0.15) is 50.8 Å². The van der Waals surface area contributed by atoms with Crippen LogP contribution >= 0.6 is 0 Å². The third kappa shape index (κ3) is 6.90. The summed E-state index contributed by atoms with van der Waals surface area (Å²) in [7, 11) is 0. The van der Waals surface area contributed by atoms with Crippen LogP contribution in [0.4, 0.5) is 0 Å². The van der Waals surface area contributed by atoms with E-state index < -0.39 is 6.04 Å². The summed E-state index contributed by atoms with van der Waals surface area (Å²) in [6.45, 7) is 11.9. The molecule has 162 valence electrons. The van der Waals surface area contributed by atoms with Crippen molar-refractivity contribution >= 4 is 11.8 Å². The van der Waals surface area contributed by atoms with Crippen molar-refractivity contribution in [2.75, 3.05) is 6.61 Å². The maximum absolute atomic E-state index is 13.2. The molecule has 0 spiro atoms. The lowest BCUT2D eigenvalue weighted by molar-refractivity contribution is -0.143. The Morgan fingerprint density at radius 2 is 1.73 bits per heavy atom. The molecule has 0 bridgehead atoms. The van der Waals surface area contributed by atoms with Gasteiger partial charge in [0.2, 0.25) is 5.91 Å². The van der Waals surface area contributed by atoms with Crippen molar-refractivity contribution < 1.29 is 14.3 Å². The Morgan fingerprint density at radius 3 is 2.33 bits per heavy atom. The maximum Gasteiger partial charge on any atom is 0.261 e. The van der Waals surface area contributed by atoms with E-state index in [0.717, 1.165) is 16.7 Å². The van der Waals surface area contributed by atoms with E-state index in [2.05, 4.69) is 5.32 Å². The second-order valence-electron chi connectivity index (χ2n) is 8.73. The second kappa shape index (κ2) is 10.3. The zero-order valence-corrected chi connectivity index (χ0v) is 19.0. The smallest absolute Gasteiger partial charge is 0.261 e. The second-order valence-corrected chi connectivity index (χ2v) is 8.73. The number of aryl methyl sites for hydroxylation is 2. The van der Waals surface area contributed by atoms with E-state index in [1.807, 2.05) is 90.1 Å². The van der Waals surface area contributed by atoms with E-state index in [-0.39, 0.29) is 24.0 Å². The van der Waals surface area contributed by atoms with Crippen LogP contribution in [0.25, 0.3) is 0 Å². The minimum atomic E-state index is -0.570. The molecule has 2 aromatic carbocycles. The van der Waals surface area contributed by atoms with Gasteiger partial charge in [-0.05, 0) is 63.8 Å². The minimum Gasteiger partial charge on any atom is -0.483 e. The molecule has 2 aromatic rings. The highest BCUT2D eigenvalue weighted by Crippen LogP contribution is 2.20. The predicted molar refractivity (Wildman–Crippen MR) is 120 cm³/mol. The fourth-order valence-corrected chi connectivity index (χ4v) is 3.24. The van der Waals surface area contributed by atoms with E-state index in [1.165, 1.54) is 0 Å². The number of nitrogens with zero attached hydrogens (tertiary/aromatic N) is 1. The van der Waals surface area contributed by atoms with Gasteiger partial charge in [0.25, 0.3) is 5.91 Å². The highest BCUT2D eigenvalue weighted by molar-refractivity contribution is 5.88. The van der Waals surface area contributed by atoms with Gasteiger partial charge in [-0.1, -0.05) is 49.4 Å².